The lowest BCUT2D eigenvalue weighted by atomic mass is 10.0. The molecule has 1 aromatic rings. The number of aryl methyl sites for hydroxylation is 1. The van der Waals surface area contributed by atoms with Crippen LogP contribution in [0.15, 0.2) is 17.1 Å². The number of rotatable bonds is 25. The summed E-state index contributed by atoms with van der Waals surface area (Å²) in [5, 5.41) is 4.94. The molecule has 220 valence electrons. The summed E-state index contributed by atoms with van der Waals surface area (Å²) in [4.78, 5) is 11.9. The Morgan fingerprint density at radius 2 is 1.47 bits per heavy atom. The number of hydrogen-bond acceptors (Lipinski definition) is 5. The number of ether oxygens (including phenoxy) is 3. The Morgan fingerprint density at radius 3 is 2.11 bits per heavy atom. The van der Waals surface area contributed by atoms with Crippen molar-refractivity contribution in [1.82, 2.24) is 5.32 Å². The van der Waals surface area contributed by atoms with E-state index < -0.39 is 0 Å². The molecule has 1 saturated heterocycles. The van der Waals surface area contributed by atoms with Gasteiger partial charge in [-0.15, -0.1) is 0 Å². The van der Waals surface area contributed by atoms with E-state index in [1.54, 1.807) is 11.3 Å². The first-order chi connectivity index (χ1) is 18.8. The van der Waals surface area contributed by atoms with Gasteiger partial charge >= 0.3 is 6.09 Å². The Balaban J connectivity index is 1.29. The Kier molecular flexibility index (Phi) is 20.6. The van der Waals surface area contributed by atoms with Crippen LogP contribution in [-0.2, 0) is 20.8 Å². The van der Waals surface area contributed by atoms with Gasteiger partial charge in [-0.2, -0.15) is 4.57 Å². The first-order valence-electron chi connectivity index (χ1n) is 15.9. The molecule has 1 aliphatic heterocycles. The lowest BCUT2D eigenvalue weighted by Crippen LogP contribution is -2.30. The van der Waals surface area contributed by atoms with Gasteiger partial charge in [0.05, 0.1) is 12.0 Å². The molecule has 0 spiro atoms. The van der Waals surface area contributed by atoms with Gasteiger partial charge in [0.25, 0.3) is 0 Å². The molecular weight excluding hydrogens is 496 g/mol. The average Bonchev–Trinajstić information content (AvgIpc) is 3.61. The second-order valence-electron chi connectivity index (χ2n) is 11.0. The number of nitrogens with one attached hydrogen (secondary N) is 1. The molecule has 0 saturated carbocycles. The SMILES string of the molecule is CCCCCCCCCCCCCCCCCC1OCC(COC(=O)NCCCCCC[n+]2ccsc2)O1. The zero-order valence-electron chi connectivity index (χ0n) is 24.3. The highest BCUT2D eigenvalue weighted by Gasteiger charge is 2.26. The summed E-state index contributed by atoms with van der Waals surface area (Å²) in [5.74, 6) is 0. The fourth-order valence-electron chi connectivity index (χ4n) is 5.00. The minimum Gasteiger partial charge on any atom is -0.447 e. The summed E-state index contributed by atoms with van der Waals surface area (Å²) in [6, 6.07) is 0. The van der Waals surface area contributed by atoms with E-state index in [0.29, 0.717) is 13.2 Å². The van der Waals surface area contributed by atoms with E-state index >= 15 is 0 Å². The normalized spacial score (nSPS) is 17.2. The number of aromatic nitrogens is 1. The molecule has 0 bridgehead atoms. The fourth-order valence-corrected chi connectivity index (χ4v) is 5.63. The number of thiazole rings is 1. The minimum atomic E-state index is -0.353. The molecule has 0 aliphatic carbocycles. The van der Waals surface area contributed by atoms with E-state index in [1.165, 1.54) is 103 Å². The molecule has 1 aromatic heterocycles. The molecule has 7 heteroatoms. The van der Waals surface area contributed by atoms with Crippen LogP contribution in [0, 0.1) is 0 Å². The second-order valence-corrected chi connectivity index (χ2v) is 11.7. The van der Waals surface area contributed by atoms with Crippen LogP contribution in [0.5, 0.6) is 0 Å². The van der Waals surface area contributed by atoms with E-state index in [-0.39, 0.29) is 25.1 Å². The van der Waals surface area contributed by atoms with Gasteiger partial charge in [0.1, 0.15) is 19.3 Å². The molecule has 2 atom stereocenters. The van der Waals surface area contributed by atoms with Crippen LogP contribution in [-0.4, -0.2) is 38.2 Å². The Bertz CT molecular complexity index is 658. The van der Waals surface area contributed by atoms with Crippen LogP contribution in [0.25, 0.3) is 0 Å². The molecule has 2 rings (SSSR count). The Morgan fingerprint density at radius 1 is 0.868 bits per heavy atom. The molecule has 0 aromatic carbocycles. The molecule has 2 heterocycles. The third-order valence-corrected chi connectivity index (χ3v) is 8.07. The van der Waals surface area contributed by atoms with E-state index in [0.717, 1.165) is 32.2 Å². The maximum Gasteiger partial charge on any atom is 0.407 e. The molecular formula is C31H57N2O4S+. The molecule has 38 heavy (non-hydrogen) atoms. The topological polar surface area (TPSA) is 60.7 Å². The summed E-state index contributed by atoms with van der Waals surface area (Å²) in [6.07, 6.45) is 27.5. The zero-order valence-corrected chi connectivity index (χ0v) is 25.2. The van der Waals surface area contributed by atoms with Crippen molar-refractivity contribution < 1.29 is 23.6 Å². The fraction of sp³-hybridized carbons (Fsp3) is 0.871. The van der Waals surface area contributed by atoms with Crippen molar-refractivity contribution in [1.29, 1.82) is 0 Å². The number of amides is 1. The zero-order chi connectivity index (χ0) is 26.9. The number of unbranched alkanes of at least 4 members (excludes halogenated alkanes) is 17. The number of nitrogens with zero attached hydrogens (tertiary/aromatic N) is 1. The standard InChI is InChI=1S/C31H56N2O4S/c1-2-3-4-5-6-7-8-9-10-11-12-13-14-15-18-21-30-35-26-29(37-30)27-36-31(34)32-22-19-16-17-20-23-33-24-25-38-28-33/h24-25,28-30H,2-23,26-27H2,1H3/p+1. The molecule has 6 nitrogen and oxygen atoms in total. The summed E-state index contributed by atoms with van der Waals surface area (Å²) >= 11 is 1.72. The van der Waals surface area contributed by atoms with Crippen LogP contribution in [0.2, 0.25) is 0 Å². The van der Waals surface area contributed by atoms with E-state index in [1.807, 2.05) is 0 Å². The maximum absolute atomic E-state index is 11.9. The van der Waals surface area contributed by atoms with Crippen LogP contribution in [0.1, 0.15) is 135 Å². The lowest BCUT2D eigenvalue weighted by Gasteiger charge is -2.12. The van der Waals surface area contributed by atoms with Gasteiger partial charge in [-0.25, -0.2) is 4.79 Å². The number of carbonyl (C=O) groups is 1. The van der Waals surface area contributed by atoms with E-state index in [9.17, 15) is 4.79 Å². The summed E-state index contributed by atoms with van der Waals surface area (Å²) in [6.45, 7) is 4.79. The third kappa shape index (κ3) is 18.2. The molecule has 1 aliphatic rings. The maximum atomic E-state index is 11.9. The van der Waals surface area contributed by atoms with Gasteiger partial charge in [0.2, 0.25) is 5.51 Å². The van der Waals surface area contributed by atoms with Crippen molar-refractivity contribution in [3.63, 3.8) is 0 Å². The summed E-state index contributed by atoms with van der Waals surface area (Å²) in [5.41, 5.74) is 2.14. The van der Waals surface area contributed by atoms with Crippen LogP contribution in [0.3, 0.4) is 0 Å². The second kappa shape index (κ2) is 23.7. The first kappa shape index (κ1) is 33.0. The van der Waals surface area contributed by atoms with Crippen molar-refractivity contribution >= 4 is 17.4 Å². The lowest BCUT2D eigenvalue weighted by molar-refractivity contribution is -0.692. The first-order valence-corrected chi connectivity index (χ1v) is 16.8. The molecule has 2 unspecified atom stereocenters. The highest BCUT2D eigenvalue weighted by atomic mass is 32.1. The number of alkyl carbamates (subject to hydrolysis) is 1. The largest absolute Gasteiger partial charge is 0.447 e. The van der Waals surface area contributed by atoms with Crippen LogP contribution >= 0.6 is 11.3 Å². The highest BCUT2D eigenvalue weighted by Crippen LogP contribution is 2.19. The smallest absolute Gasteiger partial charge is 0.407 e. The quantitative estimate of drug-likeness (QED) is 0.0977. The van der Waals surface area contributed by atoms with Crippen molar-refractivity contribution in [2.24, 2.45) is 0 Å². The predicted molar refractivity (Wildman–Crippen MR) is 156 cm³/mol. The third-order valence-electron chi connectivity index (χ3n) is 7.40. The van der Waals surface area contributed by atoms with Crippen LogP contribution in [0.4, 0.5) is 4.79 Å². The highest BCUT2D eigenvalue weighted by molar-refractivity contribution is 7.07. The van der Waals surface area contributed by atoms with Gasteiger partial charge in [0.15, 0.2) is 12.5 Å². The molecule has 1 amide bonds. The summed E-state index contributed by atoms with van der Waals surface area (Å²) < 4.78 is 19.2. The van der Waals surface area contributed by atoms with Crippen LogP contribution < -0.4 is 9.88 Å². The molecule has 1 fully saturated rings. The minimum absolute atomic E-state index is 0.138. The Hall–Kier alpha value is -1.18. The van der Waals surface area contributed by atoms with Crippen molar-refractivity contribution in [2.75, 3.05) is 19.8 Å². The van der Waals surface area contributed by atoms with E-state index in [2.05, 4.69) is 33.9 Å². The van der Waals surface area contributed by atoms with E-state index in [4.69, 9.17) is 14.2 Å². The van der Waals surface area contributed by atoms with Crippen molar-refractivity contribution in [3.8, 4) is 0 Å². The van der Waals surface area contributed by atoms with Gasteiger partial charge < -0.3 is 19.5 Å². The number of hydrogen-bond donors (Lipinski definition) is 1. The van der Waals surface area contributed by atoms with Crippen molar-refractivity contribution in [3.05, 3.63) is 17.1 Å². The molecule has 1 N–H and O–H groups in total. The van der Waals surface area contributed by atoms with Gasteiger partial charge in [-0.05, 0) is 25.7 Å². The number of carbonyl (C=O) groups excluding carboxylic acids is 1. The van der Waals surface area contributed by atoms with Gasteiger partial charge in [-0.1, -0.05) is 115 Å². The van der Waals surface area contributed by atoms with Crippen molar-refractivity contribution in [2.45, 2.75) is 154 Å². The monoisotopic (exact) mass is 553 g/mol. The predicted octanol–water partition coefficient (Wildman–Crippen LogP) is 8.33. The van der Waals surface area contributed by atoms with Gasteiger partial charge in [-0.3, -0.25) is 0 Å². The van der Waals surface area contributed by atoms with Gasteiger partial charge in [0, 0.05) is 13.0 Å². The Labute approximate surface area is 237 Å². The summed E-state index contributed by atoms with van der Waals surface area (Å²) in [7, 11) is 0. The average molecular weight is 554 g/mol. The molecule has 0 radical (unpaired) electrons.